The zero-order valence-corrected chi connectivity index (χ0v) is 13.4. The van der Waals surface area contributed by atoms with Crippen molar-refractivity contribution in [1.82, 2.24) is 5.43 Å². The molecule has 8 heteroatoms. The van der Waals surface area contributed by atoms with Crippen molar-refractivity contribution in [3.8, 4) is 11.5 Å². The topological polar surface area (TPSA) is 59.9 Å². The molecule has 0 aromatic heterocycles. The van der Waals surface area contributed by atoms with Gasteiger partial charge in [0.05, 0.1) is 26.0 Å². The van der Waals surface area contributed by atoms with E-state index in [1.807, 2.05) is 0 Å². The zero-order chi connectivity index (χ0) is 18.4. The predicted octanol–water partition coefficient (Wildman–Crippen LogP) is 3.49. The molecule has 25 heavy (non-hydrogen) atoms. The smallest absolute Gasteiger partial charge is 0.416 e. The standard InChI is InChI=1S/C17H15F3N2O3/c1-24-14-8-5-12(9-15(14)25-2)16(23)22-21-10-11-3-6-13(7-4-11)17(18,19)20/h3-10H,1-2H3,(H,22,23)/b21-10+. The van der Waals surface area contributed by atoms with Gasteiger partial charge >= 0.3 is 6.18 Å². The lowest BCUT2D eigenvalue weighted by Crippen LogP contribution is -2.17. The molecule has 2 rings (SSSR count). The fourth-order valence-electron chi connectivity index (χ4n) is 1.97. The molecule has 2 aromatic carbocycles. The van der Waals surface area contributed by atoms with Crippen molar-refractivity contribution < 1.29 is 27.4 Å². The summed E-state index contributed by atoms with van der Waals surface area (Å²) in [5.41, 5.74) is 2.25. The Morgan fingerprint density at radius 2 is 1.68 bits per heavy atom. The van der Waals surface area contributed by atoms with E-state index < -0.39 is 17.6 Å². The Bertz CT molecular complexity index is 772. The van der Waals surface area contributed by atoms with Crippen molar-refractivity contribution in [3.63, 3.8) is 0 Å². The van der Waals surface area contributed by atoms with Gasteiger partial charge in [0.2, 0.25) is 0 Å². The van der Waals surface area contributed by atoms with Crippen LogP contribution in [0.15, 0.2) is 47.6 Å². The van der Waals surface area contributed by atoms with Gasteiger partial charge in [-0.2, -0.15) is 18.3 Å². The highest BCUT2D eigenvalue weighted by Gasteiger charge is 2.29. The van der Waals surface area contributed by atoms with E-state index >= 15 is 0 Å². The summed E-state index contributed by atoms with van der Waals surface area (Å²) in [6.07, 6.45) is -3.14. The van der Waals surface area contributed by atoms with E-state index in [0.29, 0.717) is 22.6 Å². The second-order valence-corrected chi connectivity index (χ2v) is 4.89. The van der Waals surface area contributed by atoms with E-state index in [-0.39, 0.29) is 0 Å². The van der Waals surface area contributed by atoms with Crippen LogP contribution in [-0.4, -0.2) is 26.3 Å². The monoisotopic (exact) mass is 352 g/mol. The summed E-state index contributed by atoms with van der Waals surface area (Å²) in [7, 11) is 2.92. The van der Waals surface area contributed by atoms with Crippen LogP contribution in [-0.2, 0) is 6.18 Å². The number of hydrogen-bond acceptors (Lipinski definition) is 4. The number of methoxy groups -OCH3 is 2. The number of benzene rings is 2. The van der Waals surface area contributed by atoms with E-state index in [2.05, 4.69) is 10.5 Å². The maximum absolute atomic E-state index is 12.5. The van der Waals surface area contributed by atoms with Gasteiger partial charge in [-0.25, -0.2) is 5.43 Å². The van der Waals surface area contributed by atoms with Crippen LogP contribution in [0.4, 0.5) is 13.2 Å². The number of amides is 1. The second kappa shape index (κ2) is 7.69. The summed E-state index contributed by atoms with van der Waals surface area (Å²) in [6.45, 7) is 0. The largest absolute Gasteiger partial charge is 0.493 e. The molecule has 0 aliphatic heterocycles. The number of hydrazone groups is 1. The molecule has 0 atom stereocenters. The third-order valence-corrected chi connectivity index (χ3v) is 3.26. The van der Waals surface area contributed by atoms with Crippen molar-refractivity contribution in [1.29, 1.82) is 0 Å². The molecule has 132 valence electrons. The van der Waals surface area contributed by atoms with Crippen molar-refractivity contribution in [2.24, 2.45) is 5.10 Å². The average Bonchev–Trinajstić information content (AvgIpc) is 2.60. The minimum absolute atomic E-state index is 0.294. The van der Waals surface area contributed by atoms with Gasteiger partial charge in [-0.3, -0.25) is 4.79 Å². The molecule has 5 nitrogen and oxygen atoms in total. The van der Waals surface area contributed by atoms with Gasteiger partial charge in [0, 0.05) is 5.56 Å². The van der Waals surface area contributed by atoms with Crippen molar-refractivity contribution in [2.75, 3.05) is 14.2 Å². The minimum atomic E-state index is -4.39. The zero-order valence-electron chi connectivity index (χ0n) is 13.4. The van der Waals surface area contributed by atoms with Crippen molar-refractivity contribution in [2.45, 2.75) is 6.18 Å². The summed E-state index contributed by atoms with van der Waals surface area (Å²) in [5.74, 6) is 0.373. The lowest BCUT2D eigenvalue weighted by Gasteiger charge is -2.08. The van der Waals surface area contributed by atoms with Gasteiger partial charge in [0.15, 0.2) is 11.5 Å². The Labute approximate surface area is 142 Å². The Morgan fingerprint density at radius 3 is 2.24 bits per heavy atom. The normalized spacial score (nSPS) is 11.4. The molecule has 0 spiro atoms. The first kappa shape index (κ1) is 18.3. The highest BCUT2D eigenvalue weighted by atomic mass is 19.4. The number of carbonyl (C=O) groups excluding carboxylic acids is 1. The maximum atomic E-state index is 12.5. The molecule has 1 amide bonds. The number of hydrogen-bond donors (Lipinski definition) is 1. The molecule has 0 heterocycles. The van der Waals surface area contributed by atoms with Crippen LogP contribution in [0, 0.1) is 0 Å². The summed E-state index contributed by atoms with van der Waals surface area (Å²) in [6, 6.07) is 9.00. The van der Waals surface area contributed by atoms with Crippen LogP contribution in [0.3, 0.4) is 0 Å². The van der Waals surface area contributed by atoms with E-state index in [9.17, 15) is 18.0 Å². The molecular weight excluding hydrogens is 337 g/mol. The first-order valence-corrected chi connectivity index (χ1v) is 7.08. The van der Waals surface area contributed by atoms with Crippen molar-refractivity contribution in [3.05, 3.63) is 59.2 Å². The lowest BCUT2D eigenvalue weighted by molar-refractivity contribution is -0.137. The maximum Gasteiger partial charge on any atom is 0.416 e. The molecule has 0 saturated heterocycles. The summed E-state index contributed by atoms with van der Waals surface area (Å²) in [4.78, 5) is 12.0. The van der Waals surface area contributed by atoms with Gasteiger partial charge < -0.3 is 9.47 Å². The van der Waals surface area contributed by atoms with Crippen LogP contribution in [0.25, 0.3) is 0 Å². The number of carbonyl (C=O) groups is 1. The summed E-state index contributed by atoms with van der Waals surface area (Å²) >= 11 is 0. The second-order valence-electron chi connectivity index (χ2n) is 4.89. The Kier molecular flexibility index (Phi) is 5.63. The summed E-state index contributed by atoms with van der Waals surface area (Å²) < 4.78 is 47.6. The van der Waals surface area contributed by atoms with Crippen LogP contribution in [0.1, 0.15) is 21.5 Å². The number of halogens is 3. The minimum Gasteiger partial charge on any atom is -0.493 e. The lowest BCUT2D eigenvalue weighted by atomic mass is 10.1. The number of ether oxygens (including phenoxy) is 2. The highest BCUT2D eigenvalue weighted by Crippen LogP contribution is 2.29. The first-order chi connectivity index (χ1) is 11.8. The fraction of sp³-hybridized carbons (Fsp3) is 0.176. The van der Waals surface area contributed by atoms with Gasteiger partial charge in [-0.1, -0.05) is 12.1 Å². The highest BCUT2D eigenvalue weighted by molar-refractivity contribution is 5.95. The third kappa shape index (κ3) is 4.72. The Hall–Kier alpha value is -3.03. The first-order valence-electron chi connectivity index (χ1n) is 7.08. The average molecular weight is 352 g/mol. The number of rotatable bonds is 5. The van der Waals surface area contributed by atoms with Crippen LogP contribution >= 0.6 is 0 Å². The molecule has 1 N–H and O–H groups in total. The van der Waals surface area contributed by atoms with E-state index in [1.54, 1.807) is 6.07 Å². The van der Waals surface area contributed by atoms with Gasteiger partial charge in [0.25, 0.3) is 5.91 Å². The molecule has 0 aliphatic carbocycles. The number of alkyl halides is 3. The molecule has 0 unspecified atom stereocenters. The van der Waals surface area contributed by atoms with E-state index in [0.717, 1.165) is 12.1 Å². The predicted molar refractivity (Wildman–Crippen MR) is 86.1 cm³/mol. The quantitative estimate of drug-likeness (QED) is 0.662. The molecule has 2 aromatic rings. The van der Waals surface area contributed by atoms with Gasteiger partial charge in [-0.05, 0) is 35.9 Å². The number of nitrogens with one attached hydrogen (secondary N) is 1. The molecular formula is C17H15F3N2O3. The van der Waals surface area contributed by atoms with Gasteiger partial charge in [-0.15, -0.1) is 0 Å². The third-order valence-electron chi connectivity index (χ3n) is 3.26. The molecule has 0 aliphatic rings. The molecule has 0 fully saturated rings. The molecule has 0 bridgehead atoms. The number of nitrogens with zero attached hydrogens (tertiary/aromatic N) is 1. The Balaban J connectivity index is 2.03. The Morgan fingerprint density at radius 1 is 1.04 bits per heavy atom. The fourth-order valence-corrected chi connectivity index (χ4v) is 1.97. The van der Waals surface area contributed by atoms with E-state index in [4.69, 9.17) is 9.47 Å². The van der Waals surface area contributed by atoms with Crippen molar-refractivity contribution >= 4 is 12.1 Å². The van der Waals surface area contributed by atoms with Crippen LogP contribution in [0.2, 0.25) is 0 Å². The van der Waals surface area contributed by atoms with Gasteiger partial charge in [0.1, 0.15) is 0 Å². The summed E-state index contributed by atoms with van der Waals surface area (Å²) in [5, 5.41) is 3.73. The molecule has 0 radical (unpaired) electrons. The van der Waals surface area contributed by atoms with Crippen LogP contribution in [0.5, 0.6) is 11.5 Å². The van der Waals surface area contributed by atoms with E-state index in [1.165, 1.54) is 44.7 Å². The molecule has 0 saturated carbocycles. The van der Waals surface area contributed by atoms with Crippen LogP contribution < -0.4 is 14.9 Å². The SMILES string of the molecule is COc1ccc(C(=O)N/N=C/c2ccc(C(F)(F)F)cc2)cc1OC.